The summed E-state index contributed by atoms with van der Waals surface area (Å²) in [6.45, 7) is 8.00. The van der Waals surface area contributed by atoms with E-state index in [1.54, 1.807) is 0 Å². The number of ether oxygens (including phenoxy) is 1. The van der Waals surface area contributed by atoms with Gasteiger partial charge in [0.15, 0.2) is 0 Å². The zero-order valence-electron chi connectivity index (χ0n) is 9.56. The zero-order valence-corrected chi connectivity index (χ0v) is 10.3. The topological polar surface area (TPSA) is 9.23 Å². The maximum absolute atomic E-state index is 6.10. The molecule has 0 spiro atoms. The summed E-state index contributed by atoms with van der Waals surface area (Å²) in [7, 11) is 0. The van der Waals surface area contributed by atoms with Crippen LogP contribution in [-0.2, 0) is 10.2 Å². The molecular formula is C13H17ClO. The Kier molecular flexibility index (Phi) is 2.78. The average molecular weight is 225 g/mol. The molecule has 1 fully saturated rings. The van der Waals surface area contributed by atoms with Crippen molar-refractivity contribution in [3.05, 3.63) is 34.4 Å². The quantitative estimate of drug-likeness (QED) is 0.702. The van der Waals surface area contributed by atoms with Crippen LogP contribution in [0.5, 0.6) is 0 Å². The van der Waals surface area contributed by atoms with E-state index in [-0.39, 0.29) is 5.41 Å². The summed E-state index contributed by atoms with van der Waals surface area (Å²) in [5.74, 6) is 0.651. The molecule has 1 saturated heterocycles. The molecule has 0 unspecified atom stereocenters. The smallest absolute Gasteiger partial charge is 0.0597 e. The Morgan fingerprint density at radius 2 is 1.73 bits per heavy atom. The van der Waals surface area contributed by atoms with Crippen LogP contribution in [0.3, 0.4) is 0 Å². The first kappa shape index (κ1) is 11.0. The van der Waals surface area contributed by atoms with Gasteiger partial charge < -0.3 is 4.74 Å². The second-order valence-electron chi connectivity index (χ2n) is 4.68. The molecule has 1 aromatic rings. The summed E-state index contributed by atoms with van der Waals surface area (Å²) < 4.78 is 5.34. The third-order valence-electron chi connectivity index (χ3n) is 3.22. The first-order valence-electron chi connectivity index (χ1n) is 5.31. The molecule has 0 radical (unpaired) electrons. The Hall–Kier alpha value is -0.530. The van der Waals surface area contributed by atoms with Crippen molar-refractivity contribution in [3.63, 3.8) is 0 Å². The van der Waals surface area contributed by atoms with E-state index in [0.717, 1.165) is 13.2 Å². The maximum Gasteiger partial charge on any atom is 0.0597 e. The van der Waals surface area contributed by atoms with Crippen molar-refractivity contribution in [1.29, 1.82) is 0 Å². The third kappa shape index (κ3) is 1.68. The Bertz CT molecular complexity index is 352. The number of benzene rings is 1. The molecule has 1 heterocycles. The summed E-state index contributed by atoms with van der Waals surface area (Å²) in [5.41, 5.74) is 5.48. The fraction of sp³-hybridized carbons (Fsp3) is 0.538. The zero-order chi connectivity index (χ0) is 11.1. The molecular weight excluding hydrogens is 208 g/mol. The van der Waals surface area contributed by atoms with Gasteiger partial charge in [-0.15, -0.1) is 11.6 Å². The van der Waals surface area contributed by atoms with E-state index in [1.165, 1.54) is 22.3 Å². The summed E-state index contributed by atoms with van der Waals surface area (Å²) >= 11 is 6.10. The number of alkyl halides is 1. The highest BCUT2D eigenvalue weighted by atomic mass is 35.5. The highest BCUT2D eigenvalue weighted by Gasteiger charge is 2.41. The van der Waals surface area contributed by atoms with Crippen molar-refractivity contribution in [2.75, 3.05) is 19.1 Å². The van der Waals surface area contributed by atoms with Gasteiger partial charge in [-0.25, -0.2) is 0 Å². The lowest BCUT2D eigenvalue weighted by atomic mass is 9.75. The number of rotatable bonds is 2. The molecule has 1 aromatic carbocycles. The predicted molar refractivity (Wildman–Crippen MR) is 63.9 cm³/mol. The molecule has 0 aromatic heterocycles. The first-order chi connectivity index (χ1) is 7.09. The Morgan fingerprint density at radius 1 is 1.20 bits per heavy atom. The molecule has 1 aliphatic heterocycles. The lowest BCUT2D eigenvalue weighted by Gasteiger charge is -2.42. The minimum Gasteiger partial charge on any atom is -0.379 e. The minimum absolute atomic E-state index is 0.0728. The van der Waals surface area contributed by atoms with E-state index in [0.29, 0.717) is 5.88 Å². The van der Waals surface area contributed by atoms with Crippen LogP contribution in [0, 0.1) is 20.8 Å². The van der Waals surface area contributed by atoms with Crippen LogP contribution >= 0.6 is 11.6 Å². The second-order valence-corrected chi connectivity index (χ2v) is 4.95. The SMILES string of the molecule is Cc1cc(C)c(C2(CCl)COC2)c(C)c1. The van der Waals surface area contributed by atoms with Crippen LogP contribution in [0.4, 0.5) is 0 Å². The van der Waals surface area contributed by atoms with Crippen LogP contribution in [0.2, 0.25) is 0 Å². The van der Waals surface area contributed by atoms with Gasteiger partial charge in [0.05, 0.1) is 18.6 Å². The molecule has 2 heteroatoms. The van der Waals surface area contributed by atoms with Crippen molar-refractivity contribution >= 4 is 11.6 Å². The number of aryl methyl sites for hydroxylation is 3. The molecule has 0 N–H and O–H groups in total. The molecule has 0 atom stereocenters. The lowest BCUT2D eigenvalue weighted by molar-refractivity contribution is -0.0485. The van der Waals surface area contributed by atoms with Gasteiger partial charge in [-0.2, -0.15) is 0 Å². The van der Waals surface area contributed by atoms with Gasteiger partial charge in [-0.1, -0.05) is 17.7 Å². The Labute approximate surface area is 96.4 Å². The van der Waals surface area contributed by atoms with E-state index >= 15 is 0 Å². The largest absolute Gasteiger partial charge is 0.379 e. The van der Waals surface area contributed by atoms with Crippen molar-refractivity contribution in [3.8, 4) is 0 Å². The molecule has 15 heavy (non-hydrogen) atoms. The van der Waals surface area contributed by atoms with E-state index in [2.05, 4.69) is 32.9 Å². The van der Waals surface area contributed by atoms with Gasteiger partial charge in [0, 0.05) is 5.88 Å². The highest BCUT2D eigenvalue weighted by molar-refractivity contribution is 6.18. The highest BCUT2D eigenvalue weighted by Crippen LogP contribution is 2.37. The van der Waals surface area contributed by atoms with Crippen molar-refractivity contribution < 1.29 is 4.74 Å². The van der Waals surface area contributed by atoms with Gasteiger partial charge in [0.2, 0.25) is 0 Å². The van der Waals surface area contributed by atoms with Crippen molar-refractivity contribution in [2.24, 2.45) is 0 Å². The lowest BCUT2D eigenvalue weighted by Crippen LogP contribution is -2.49. The fourth-order valence-electron chi connectivity index (χ4n) is 2.65. The van der Waals surface area contributed by atoms with Crippen LogP contribution in [0.15, 0.2) is 12.1 Å². The van der Waals surface area contributed by atoms with E-state index in [1.807, 2.05) is 0 Å². The van der Waals surface area contributed by atoms with Crippen LogP contribution < -0.4 is 0 Å². The van der Waals surface area contributed by atoms with Crippen LogP contribution in [-0.4, -0.2) is 19.1 Å². The Morgan fingerprint density at radius 3 is 2.07 bits per heavy atom. The monoisotopic (exact) mass is 224 g/mol. The molecule has 2 rings (SSSR count). The fourth-order valence-corrected chi connectivity index (χ4v) is 2.94. The van der Waals surface area contributed by atoms with Gasteiger partial charge in [-0.3, -0.25) is 0 Å². The third-order valence-corrected chi connectivity index (χ3v) is 3.73. The number of hydrogen-bond acceptors (Lipinski definition) is 1. The van der Waals surface area contributed by atoms with E-state index in [9.17, 15) is 0 Å². The second kappa shape index (κ2) is 3.80. The molecule has 1 nitrogen and oxygen atoms in total. The molecule has 82 valence electrons. The molecule has 0 amide bonds. The molecule has 0 saturated carbocycles. The Balaban J connectivity index is 2.52. The first-order valence-corrected chi connectivity index (χ1v) is 5.84. The van der Waals surface area contributed by atoms with Crippen LogP contribution in [0.25, 0.3) is 0 Å². The molecule has 0 bridgehead atoms. The normalized spacial score (nSPS) is 18.7. The standard InChI is InChI=1S/C13H17ClO/c1-9-4-10(2)12(11(3)5-9)13(6-14)7-15-8-13/h4-5H,6-8H2,1-3H3. The van der Waals surface area contributed by atoms with Gasteiger partial charge in [-0.05, 0) is 37.5 Å². The van der Waals surface area contributed by atoms with Gasteiger partial charge in [0.25, 0.3) is 0 Å². The van der Waals surface area contributed by atoms with E-state index in [4.69, 9.17) is 16.3 Å². The predicted octanol–water partition coefficient (Wildman–Crippen LogP) is 3.12. The number of hydrogen-bond donors (Lipinski definition) is 0. The average Bonchev–Trinajstić information content (AvgIpc) is 2.07. The summed E-state index contributed by atoms with van der Waals surface area (Å²) in [6, 6.07) is 4.46. The summed E-state index contributed by atoms with van der Waals surface area (Å²) in [6.07, 6.45) is 0. The van der Waals surface area contributed by atoms with Crippen LogP contribution in [0.1, 0.15) is 22.3 Å². The van der Waals surface area contributed by atoms with Gasteiger partial charge in [0.1, 0.15) is 0 Å². The minimum atomic E-state index is 0.0728. The summed E-state index contributed by atoms with van der Waals surface area (Å²) in [4.78, 5) is 0. The molecule has 1 aliphatic rings. The van der Waals surface area contributed by atoms with Crippen molar-refractivity contribution in [1.82, 2.24) is 0 Å². The number of halogens is 1. The van der Waals surface area contributed by atoms with E-state index < -0.39 is 0 Å². The summed E-state index contributed by atoms with van der Waals surface area (Å²) in [5, 5.41) is 0. The van der Waals surface area contributed by atoms with Gasteiger partial charge >= 0.3 is 0 Å². The maximum atomic E-state index is 6.10. The van der Waals surface area contributed by atoms with Crippen molar-refractivity contribution in [2.45, 2.75) is 26.2 Å². The molecule has 0 aliphatic carbocycles.